The van der Waals surface area contributed by atoms with Gasteiger partial charge < -0.3 is 20.2 Å². The van der Waals surface area contributed by atoms with E-state index in [2.05, 4.69) is 4.72 Å². The minimum absolute atomic E-state index is 0.0572. The molecule has 0 radical (unpaired) electrons. The molecule has 0 bridgehead atoms. The number of nitrogens with one attached hydrogen (secondary N) is 1. The molecule has 4 N–H and O–H groups in total. The fraction of sp³-hybridized carbons (Fsp3) is 0.650. The molecule has 1 aromatic carbocycles. The quantitative estimate of drug-likeness (QED) is 0.523. The van der Waals surface area contributed by atoms with Crippen molar-refractivity contribution < 1.29 is 28.5 Å². The van der Waals surface area contributed by atoms with Gasteiger partial charge >= 0.3 is 6.09 Å². The van der Waals surface area contributed by atoms with Gasteiger partial charge in [-0.2, -0.15) is 0 Å². The number of rotatable bonds is 7. The van der Waals surface area contributed by atoms with E-state index in [0.29, 0.717) is 6.42 Å². The Morgan fingerprint density at radius 2 is 1.69 bits per heavy atom. The highest BCUT2D eigenvalue weighted by molar-refractivity contribution is 7.89. The van der Waals surface area contributed by atoms with Gasteiger partial charge in [0.05, 0.1) is 4.90 Å². The molecule has 0 aromatic heterocycles. The van der Waals surface area contributed by atoms with Crippen molar-refractivity contribution in [2.75, 3.05) is 19.8 Å². The van der Waals surface area contributed by atoms with E-state index in [1.165, 1.54) is 17.0 Å². The number of sulfonamides is 1. The lowest BCUT2D eigenvalue weighted by molar-refractivity contribution is 0.0716. The third-order valence-corrected chi connectivity index (χ3v) is 7.18. The molecule has 4 atom stereocenters. The lowest BCUT2D eigenvalue weighted by atomic mass is 9.91. The zero-order chi connectivity index (χ0) is 22.0. The van der Waals surface area contributed by atoms with Crippen LogP contribution in [0.1, 0.15) is 32.8 Å². The molecule has 0 saturated heterocycles. The first-order valence-corrected chi connectivity index (χ1v) is 11.2. The Bertz CT molecular complexity index is 803. The third kappa shape index (κ3) is 5.48. The number of nitrogens with zero attached hydrogens (tertiary/aromatic N) is 1. The second-order valence-corrected chi connectivity index (χ2v) is 10.5. The van der Waals surface area contributed by atoms with Crippen LogP contribution in [-0.4, -0.2) is 66.1 Å². The lowest BCUT2D eigenvalue weighted by Crippen LogP contribution is -2.52. The van der Waals surface area contributed by atoms with Crippen LogP contribution in [0.4, 0.5) is 4.79 Å². The highest BCUT2D eigenvalue weighted by Crippen LogP contribution is 2.38. The average Bonchev–Trinajstić information content (AvgIpc) is 2.94. The number of benzene rings is 1. The van der Waals surface area contributed by atoms with Gasteiger partial charge in [-0.05, 0) is 64.0 Å². The van der Waals surface area contributed by atoms with Crippen LogP contribution in [0.25, 0.3) is 0 Å². The van der Waals surface area contributed by atoms with Crippen molar-refractivity contribution in [1.82, 2.24) is 9.62 Å². The molecule has 1 amide bonds. The summed E-state index contributed by atoms with van der Waals surface area (Å²) in [5, 5.41) is 29.3. The number of hydrogen-bond donors (Lipinski definition) is 4. The van der Waals surface area contributed by atoms with Crippen LogP contribution in [0.5, 0.6) is 0 Å². The standard InChI is InChI=1S/C20H32N2O6S/c1-13-5-7-16(8-6-13)29(27,28)21-18-15(12-24)9-14(11-23)17(18)10-22(19(25)26)20(2,3)4/h5-8,14-15,17-18,21,23-24H,9-12H2,1-4H3,(H,25,26). The van der Waals surface area contributed by atoms with E-state index in [4.69, 9.17) is 0 Å². The van der Waals surface area contributed by atoms with Crippen molar-refractivity contribution in [3.8, 4) is 0 Å². The first-order chi connectivity index (χ1) is 13.4. The summed E-state index contributed by atoms with van der Waals surface area (Å²) >= 11 is 0. The Kier molecular flexibility index (Phi) is 7.32. The molecule has 0 spiro atoms. The summed E-state index contributed by atoms with van der Waals surface area (Å²) in [5.41, 5.74) is 0.238. The first kappa shape index (κ1) is 23.6. The second-order valence-electron chi connectivity index (χ2n) is 8.81. The maximum absolute atomic E-state index is 12.9. The molecule has 29 heavy (non-hydrogen) atoms. The van der Waals surface area contributed by atoms with Crippen LogP contribution < -0.4 is 4.72 Å². The first-order valence-electron chi connectivity index (χ1n) is 9.72. The van der Waals surface area contributed by atoms with E-state index in [1.54, 1.807) is 32.9 Å². The van der Waals surface area contributed by atoms with Crippen molar-refractivity contribution in [1.29, 1.82) is 0 Å². The molecule has 9 heteroatoms. The normalized spacial score (nSPS) is 25.2. The molecule has 1 saturated carbocycles. The molecule has 2 rings (SSSR count). The number of carboxylic acid groups (broad SMARTS) is 1. The van der Waals surface area contributed by atoms with Crippen molar-refractivity contribution in [3.63, 3.8) is 0 Å². The topological polar surface area (TPSA) is 127 Å². The summed E-state index contributed by atoms with van der Waals surface area (Å²) in [6, 6.07) is 5.74. The van der Waals surface area contributed by atoms with Gasteiger partial charge in [-0.25, -0.2) is 17.9 Å². The van der Waals surface area contributed by atoms with Gasteiger partial charge in [-0.1, -0.05) is 17.7 Å². The van der Waals surface area contributed by atoms with Crippen LogP contribution in [0, 0.1) is 24.7 Å². The van der Waals surface area contributed by atoms with Gasteiger partial charge in [-0.3, -0.25) is 0 Å². The zero-order valence-corrected chi connectivity index (χ0v) is 18.2. The molecule has 1 aromatic rings. The number of aryl methyl sites for hydroxylation is 1. The highest BCUT2D eigenvalue weighted by Gasteiger charge is 2.46. The predicted octanol–water partition coefficient (Wildman–Crippen LogP) is 1.66. The molecular formula is C20H32N2O6S. The SMILES string of the molecule is Cc1ccc(S(=O)(=O)NC2C(CO)CC(CO)C2CN(C(=O)O)C(C)(C)C)cc1. The van der Waals surface area contributed by atoms with Crippen molar-refractivity contribution in [2.45, 2.75) is 50.6 Å². The second kappa shape index (κ2) is 8.99. The van der Waals surface area contributed by atoms with Crippen LogP contribution in [0.3, 0.4) is 0 Å². The summed E-state index contributed by atoms with van der Waals surface area (Å²) in [7, 11) is -3.87. The molecular weight excluding hydrogens is 396 g/mol. The smallest absolute Gasteiger partial charge is 0.407 e. The van der Waals surface area contributed by atoms with E-state index in [1.807, 2.05) is 6.92 Å². The minimum atomic E-state index is -3.87. The Morgan fingerprint density at radius 1 is 1.14 bits per heavy atom. The van der Waals surface area contributed by atoms with Crippen molar-refractivity contribution >= 4 is 16.1 Å². The van der Waals surface area contributed by atoms with Gasteiger partial charge in [0, 0.05) is 31.3 Å². The summed E-state index contributed by atoms with van der Waals surface area (Å²) in [4.78, 5) is 13.2. The Labute approximate surface area is 172 Å². The molecule has 1 fully saturated rings. The van der Waals surface area contributed by atoms with Crippen LogP contribution >= 0.6 is 0 Å². The number of carbonyl (C=O) groups is 1. The Morgan fingerprint density at radius 3 is 2.14 bits per heavy atom. The molecule has 0 heterocycles. The van der Waals surface area contributed by atoms with Gasteiger partial charge in [0.15, 0.2) is 0 Å². The highest BCUT2D eigenvalue weighted by atomic mass is 32.2. The summed E-state index contributed by atoms with van der Waals surface area (Å²) in [6.07, 6.45) is -0.696. The van der Waals surface area contributed by atoms with E-state index in [9.17, 15) is 28.5 Å². The monoisotopic (exact) mass is 428 g/mol. The predicted molar refractivity (Wildman–Crippen MR) is 109 cm³/mol. The van der Waals surface area contributed by atoms with Gasteiger partial charge in [0.2, 0.25) is 10.0 Å². The molecule has 4 unspecified atom stereocenters. The molecule has 164 valence electrons. The maximum Gasteiger partial charge on any atom is 0.407 e. The largest absolute Gasteiger partial charge is 0.465 e. The number of aliphatic hydroxyl groups excluding tert-OH is 2. The molecule has 8 nitrogen and oxygen atoms in total. The van der Waals surface area contributed by atoms with E-state index >= 15 is 0 Å². The Hall–Kier alpha value is -1.68. The summed E-state index contributed by atoms with van der Waals surface area (Å²) in [6.45, 7) is 6.74. The maximum atomic E-state index is 12.9. The molecule has 0 aliphatic heterocycles. The van der Waals surface area contributed by atoms with Crippen molar-refractivity contribution in [3.05, 3.63) is 29.8 Å². The van der Waals surface area contributed by atoms with Gasteiger partial charge in [0.25, 0.3) is 0 Å². The van der Waals surface area contributed by atoms with Crippen LogP contribution in [0.2, 0.25) is 0 Å². The van der Waals surface area contributed by atoms with E-state index < -0.39 is 39.5 Å². The van der Waals surface area contributed by atoms with Gasteiger partial charge in [-0.15, -0.1) is 0 Å². The zero-order valence-electron chi connectivity index (χ0n) is 17.4. The Balaban J connectivity index is 2.36. The fourth-order valence-corrected chi connectivity index (χ4v) is 5.37. The summed E-state index contributed by atoms with van der Waals surface area (Å²) in [5.74, 6) is -1.19. The average molecular weight is 429 g/mol. The minimum Gasteiger partial charge on any atom is -0.465 e. The lowest BCUT2D eigenvalue weighted by Gasteiger charge is -2.38. The van der Waals surface area contributed by atoms with Gasteiger partial charge in [0.1, 0.15) is 0 Å². The number of hydrogen-bond acceptors (Lipinski definition) is 5. The number of aliphatic hydroxyl groups is 2. The van der Waals surface area contributed by atoms with E-state index in [0.717, 1.165) is 5.56 Å². The van der Waals surface area contributed by atoms with Crippen LogP contribution in [0.15, 0.2) is 29.2 Å². The molecule has 1 aliphatic rings. The van der Waals surface area contributed by atoms with Crippen molar-refractivity contribution in [2.24, 2.45) is 17.8 Å². The molecule has 1 aliphatic carbocycles. The van der Waals surface area contributed by atoms with Crippen LogP contribution in [-0.2, 0) is 10.0 Å². The number of amides is 1. The summed E-state index contributed by atoms with van der Waals surface area (Å²) < 4.78 is 28.5. The van der Waals surface area contributed by atoms with E-state index in [-0.39, 0.29) is 30.6 Å². The fourth-order valence-electron chi connectivity index (χ4n) is 4.01. The third-order valence-electron chi connectivity index (χ3n) is 5.71.